The molecule has 3 aliphatic carbocycles. The van der Waals surface area contributed by atoms with Gasteiger partial charge in [-0.3, -0.25) is 9.59 Å². The molecule has 5 aliphatic rings. The van der Waals surface area contributed by atoms with Gasteiger partial charge in [0.1, 0.15) is 0 Å². The molecule has 24 heavy (non-hydrogen) atoms. The topological polar surface area (TPSA) is 59.1 Å². The molecule has 2 amide bonds. The highest BCUT2D eigenvalue weighted by Crippen LogP contribution is 2.50. The van der Waals surface area contributed by atoms with E-state index in [4.69, 9.17) is 9.47 Å². The minimum Gasteiger partial charge on any atom is -0.378 e. The van der Waals surface area contributed by atoms with Gasteiger partial charge in [0.2, 0.25) is 11.8 Å². The lowest BCUT2D eigenvalue weighted by Gasteiger charge is -2.49. The highest BCUT2D eigenvalue weighted by molar-refractivity contribution is 5.89. The maximum Gasteiger partial charge on any atom is 0.226 e. The number of morpholine rings is 2. The molecule has 0 aromatic rings. The monoisotopic (exact) mass is 336 g/mol. The van der Waals surface area contributed by atoms with Crippen molar-refractivity contribution in [3.8, 4) is 0 Å². The molecule has 0 aromatic carbocycles. The third-order valence-electron chi connectivity index (χ3n) is 6.43. The van der Waals surface area contributed by atoms with Crippen LogP contribution in [0, 0.1) is 23.7 Å². The molecule has 5 rings (SSSR count). The summed E-state index contributed by atoms with van der Waals surface area (Å²) in [6.45, 7) is 5.17. The average molecular weight is 336 g/mol. The Balaban J connectivity index is 1.54. The third kappa shape index (κ3) is 2.94. The van der Waals surface area contributed by atoms with Crippen molar-refractivity contribution in [2.45, 2.75) is 25.7 Å². The first-order valence-corrected chi connectivity index (χ1v) is 9.49. The molecule has 0 N–H and O–H groups in total. The number of amides is 2. The normalized spacial score (nSPS) is 36.7. The fourth-order valence-electron chi connectivity index (χ4n) is 5.15. The zero-order valence-corrected chi connectivity index (χ0v) is 14.3. The van der Waals surface area contributed by atoms with Crippen molar-refractivity contribution in [1.29, 1.82) is 0 Å². The van der Waals surface area contributed by atoms with E-state index in [0.29, 0.717) is 64.4 Å². The second-order valence-corrected chi connectivity index (χ2v) is 7.60. The van der Waals surface area contributed by atoms with E-state index in [1.165, 1.54) is 0 Å². The van der Waals surface area contributed by atoms with Crippen molar-refractivity contribution in [3.63, 3.8) is 0 Å². The molecular weight excluding hydrogens is 308 g/mol. The molecule has 2 bridgehead atoms. The van der Waals surface area contributed by atoms with E-state index in [1.807, 2.05) is 9.80 Å². The van der Waals surface area contributed by atoms with Crippen molar-refractivity contribution in [1.82, 2.24) is 9.80 Å². The van der Waals surface area contributed by atoms with Gasteiger partial charge >= 0.3 is 0 Å². The third-order valence-corrected chi connectivity index (χ3v) is 6.43. The Morgan fingerprint density at radius 3 is 1.29 bits per heavy atom. The number of carbonyl (C=O) groups is 2. The van der Waals surface area contributed by atoms with E-state index in [1.54, 1.807) is 0 Å². The highest BCUT2D eigenvalue weighted by atomic mass is 16.5. The summed E-state index contributed by atoms with van der Waals surface area (Å²) in [7, 11) is 0. The van der Waals surface area contributed by atoms with Gasteiger partial charge in [-0.05, 0) is 37.5 Å². The average Bonchev–Trinajstić information content (AvgIpc) is 2.68. The van der Waals surface area contributed by atoms with Crippen LogP contribution in [0.4, 0.5) is 0 Å². The lowest BCUT2D eigenvalue weighted by atomic mass is 9.57. The number of hydrogen-bond acceptors (Lipinski definition) is 4. The van der Waals surface area contributed by atoms with Gasteiger partial charge in [-0.1, -0.05) is 0 Å². The fourth-order valence-corrected chi connectivity index (χ4v) is 5.15. The van der Waals surface area contributed by atoms with Crippen LogP contribution in [0.2, 0.25) is 0 Å². The molecule has 0 radical (unpaired) electrons. The first-order valence-electron chi connectivity index (χ1n) is 9.49. The molecule has 0 spiro atoms. The summed E-state index contributed by atoms with van der Waals surface area (Å²) in [5.74, 6) is 0.983. The Hall–Kier alpha value is -1.14. The summed E-state index contributed by atoms with van der Waals surface area (Å²) >= 11 is 0. The Bertz CT molecular complexity index is 433. The summed E-state index contributed by atoms with van der Waals surface area (Å²) in [5.41, 5.74) is 0. The largest absolute Gasteiger partial charge is 0.378 e. The van der Waals surface area contributed by atoms with Gasteiger partial charge in [0.15, 0.2) is 0 Å². The number of hydrogen-bond donors (Lipinski definition) is 0. The Labute approximate surface area is 143 Å². The number of nitrogens with zero attached hydrogens (tertiary/aromatic N) is 2. The van der Waals surface area contributed by atoms with Crippen molar-refractivity contribution in [2.75, 3.05) is 52.6 Å². The van der Waals surface area contributed by atoms with Gasteiger partial charge in [0.25, 0.3) is 0 Å². The number of ether oxygens (including phenoxy) is 2. The van der Waals surface area contributed by atoms with Crippen LogP contribution in [-0.2, 0) is 19.1 Å². The van der Waals surface area contributed by atoms with Gasteiger partial charge < -0.3 is 19.3 Å². The van der Waals surface area contributed by atoms with Gasteiger partial charge in [-0.2, -0.15) is 0 Å². The van der Waals surface area contributed by atoms with Gasteiger partial charge in [-0.25, -0.2) is 0 Å². The number of fused-ring (bicyclic) bond motifs is 3. The first-order chi connectivity index (χ1) is 11.8. The zero-order valence-electron chi connectivity index (χ0n) is 14.3. The minimum atomic E-state index is -0.106. The molecule has 2 atom stereocenters. The summed E-state index contributed by atoms with van der Waals surface area (Å²) in [6, 6.07) is 0. The molecule has 2 saturated heterocycles. The SMILES string of the molecule is O=C([C@@H]1C2CCC(CC2)[C@@H]1C(=O)N1CCOCC1)N1CCOCC1. The molecule has 6 nitrogen and oxygen atoms in total. The van der Waals surface area contributed by atoms with Crippen LogP contribution in [0.1, 0.15) is 25.7 Å². The van der Waals surface area contributed by atoms with Crippen molar-refractivity contribution >= 4 is 11.8 Å². The van der Waals surface area contributed by atoms with Crippen molar-refractivity contribution in [2.24, 2.45) is 23.7 Å². The van der Waals surface area contributed by atoms with Crippen LogP contribution < -0.4 is 0 Å². The molecular formula is C18H28N2O4. The predicted octanol–water partition coefficient (Wildman–Crippen LogP) is 0.756. The molecule has 0 aromatic heterocycles. The Kier molecular flexibility index (Phi) is 4.77. The van der Waals surface area contributed by atoms with Crippen LogP contribution in [0.25, 0.3) is 0 Å². The number of carbonyl (C=O) groups excluding carboxylic acids is 2. The second-order valence-electron chi connectivity index (χ2n) is 7.60. The van der Waals surface area contributed by atoms with E-state index in [2.05, 4.69) is 0 Å². The molecule has 2 heterocycles. The van der Waals surface area contributed by atoms with Crippen LogP contribution in [-0.4, -0.2) is 74.2 Å². The first kappa shape index (κ1) is 16.3. The molecule has 2 aliphatic heterocycles. The van der Waals surface area contributed by atoms with E-state index >= 15 is 0 Å². The molecule has 6 heteroatoms. The van der Waals surface area contributed by atoms with Crippen molar-refractivity contribution < 1.29 is 19.1 Å². The molecule has 5 fully saturated rings. The van der Waals surface area contributed by atoms with Crippen LogP contribution in [0.15, 0.2) is 0 Å². The Morgan fingerprint density at radius 2 is 0.958 bits per heavy atom. The Morgan fingerprint density at radius 1 is 0.625 bits per heavy atom. The van der Waals surface area contributed by atoms with E-state index in [0.717, 1.165) is 25.7 Å². The zero-order chi connectivity index (χ0) is 16.5. The maximum absolute atomic E-state index is 13.2. The lowest BCUT2D eigenvalue weighted by molar-refractivity contribution is -0.162. The smallest absolute Gasteiger partial charge is 0.226 e. The van der Waals surface area contributed by atoms with Crippen molar-refractivity contribution in [3.05, 3.63) is 0 Å². The fraction of sp³-hybridized carbons (Fsp3) is 0.889. The van der Waals surface area contributed by atoms with E-state index < -0.39 is 0 Å². The lowest BCUT2D eigenvalue weighted by Crippen LogP contribution is -2.57. The van der Waals surface area contributed by atoms with E-state index in [-0.39, 0.29) is 23.7 Å². The van der Waals surface area contributed by atoms with Gasteiger partial charge in [-0.15, -0.1) is 0 Å². The summed E-state index contributed by atoms with van der Waals surface area (Å²) in [6.07, 6.45) is 4.44. The summed E-state index contributed by atoms with van der Waals surface area (Å²) < 4.78 is 10.8. The minimum absolute atomic E-state index is 0.106. The molecule has 0 unspecified atom stereocenters. The molecule has 134 valence electrons. The molecule has 3 saturated carbocycles. The maximum atomic E-state index is 13.2. The van der Waals surface area contributed by atoms with Gasteiger partial charge in [0.05, 0.1) is 38.3 Å². The van der Waals surface area contributed by atoms with Crippen LogP contribution in [0.3, 0.4) is 0 Å². The number of rotatable bonds is 2. The second kappa shape index (κ2) is 7.00. The highest BCUT2D eigenvalue weighted by Gasteiger charge is 2.52. The quantitative estimate of drug-likeness (QED) is 0.747. The van der Waals surface area contributed by atoms with E-state index in [9.17, 15) is 9.59 Å². The predicted molar refractivity (Wildman–Crippen MR) is 87.2 cm³/mol. The summed E-state index contributed by atoms with van der Waals surface area (Å²) in [4.78, 5) is 30.3. The van der Waals surface area contributed by atoms with Crippen LogP contribution >= 0.6 is 0 Å². The van der Waals surface area contributed by atoms with Gasteiger partial charge in [0, 0.05) is 26.2 Å². The van der Waals surface area contributed by atoms with Crippen LogP contribution in [0.5, 0.6) is 0 Å². The standard InChI is InChI=1S/C18H28N2O4/c21-17(19-5-9-23-10-6-19)15-13-1-2-14(4-3-13)16(15)18(22)20-7-11-24-12-8-20/h13-16H,1-12H2/t13?,14?,15-,16+. The summed E-state index contributed by atoms with van der Waals surface area (Å²) in [5, 5.41) is 0.